The largest absolute Gasteiger partial charge is 1.00 e. The summed E-state index contributed by atoms with van der Waals surface area (Å²) in [7, 11) is -20.5. The van der Waals surface area contributed by atoms with Crippen molar-refractivity contribution in [3.8, 4) is 0 Å². The van der Waals surface area contributed by atoms with Crippen molar-refractivity contribution < 1.29 is 170 Å². The number of rotatable bonds is 10. The molecule has 53 heavy (non-hydrogen) atoms. The number of nitrogens with one attached hydrogen (secondary N) is 2. The normalized spacial score (nSPS) is 11.8. The van der Waals surface area contributed by atoms with Crippen molar-refractivity contribution in [3.63, 3.8) is 0 Å². The van der Waals surface area contributed by atoms with Gasteiger partial charge in [-0.1, -0.05) is 12.1 Å². The van der Waals surface area contributed by atoms with Gasteiger partial charge in [-0.15, -0.1) is 10.2 Å². The maximum atomic E-state index is 12.2. The van der Waals surface area contributed by atoms with E-state index in [9.17, 15) is 51.9 Å². The molecule has 0 aliphatic carbocycles. The molecule has 0 fully saturated rings. The van der Waals surface area contributed by atoms with E-state index >= 15 is 0 Å². The summed E-state index contributed by atoms with van der Waals surface area (Å²) >= 11 is 6.03. The van der Waals surface area contributed by atoms with Crippen LogP contribution in [-0.2, 0) is 40.5 Å². The summed E-state index contributed by atoms with van der Waals surface area (Å²) < 4.78 is 142. The third-order valence-corrected chi connectivity index (χ3v) is 9.91. The zero-order valence-electron chi connectivity index (χ0n) is 27.6. The van der Waals surface area contributed by atoms with Crippen molar-refractivity contribution in [3.05, 3.63) is 78.1 Å². The molecule has 0 bridgehead atoms. The summed E-state index contributed by atoms with van der Waals surface area (Å²) in [5.74, 6) is -0.539. The molecule has 0 aliphatic heterocycles. The second-order valence-corrected chi connectivity index (χ2v) is 15.2. The van der Waals surface area contributed by atoms with Crippen molar-refractivity contribution in [1.29, 1.82) is 0 Å². The minimum Gasteiger partial charge on any atom is -0.744 e. The van der Waals surface area contributed by atoms with Gasteiger partial charge >= 0.3 is 118 Å². The van der Waals surface area contributed by atoms with E-state index in [2.05, 4.69) is 35.8 Å². The first kappa shape index (κ1) is 50.3. The Balaban J connectivity index is 0.00000351. The number of halogens is 1. The molecule has 1 heterocycles. The maximum absolute atomic E-state index is 12.2. The van der Waals surface area contributed by atoms with Gasteiger partial charge in [-0.25, -0.2) is 33.7 Å². The first-order valence-corrected chi connectivity index (χ1v) is 18.7. The number of fused-ring (bicyclic) bond motifs is 1. The molecule has 0 unspecified atom stereocenters. The summed E-state index contributed by atoms with van der Waals surface area (Å²) in [5.41, 5.74) is -1.17. The number of nitrogens with zero attached hydrogens (tertiary/aromatic N) is 5. The summed E-state index contributed by atoms with van der Waals surface area (Å²) in [5, 5.41) is 11.4. The van der Waals surface area contributed by atoms with Crippen LogP contribution in [0.25, 0.3) is 10.8 Å². The average molecular weight is 860 g/mol. The average Bonchev–Trinajstić information content (AvgIpc) is 2.98. The van der Waals surface area contributed by atoms with Crippen molar-refractivity contribution in [2.75, 3.05) is 10.6 Å². The minimum atomic E-state index is -5.46. The summed E-state index contributed by atoms with van der Waals surface area (Å²) in [6.07, 6.45) is 0. The van der Waals surface area contributed by atoms with Crippen LogP contribution in [0.3, 0.4) is 0 Å². The molecule has 0 aliphatic rings. The van der Waals surface area contributed by atoms with Crippen molar-refractivity contribution >= 4 is 97.5 Å². The quantitative estimate of drug-likeness (QED) is 0.0748. The van der Waals surface area contributed by atoms with Crippen molar-refractivity contribution in [2.45, 2.75) is 19.6 Å². The van der Waals surface area contributed by atoms with Crippen LogP contribution >= 0.6 is 11.6 Å². The van der Waals surface area contributed by atoms with Crippen LogP contribution in [0, 0.1) is 0 Å². The van der Waals surface area contributed by atoms with E-state index in [-0.39, 0.29) is 147 Å². The van der Waals surface area contributed by atoms with Gasteiger partial charge in [-0.05, 0) is 72.3 Å². The number of benzene rings is 4. The van der Waals surface area contributed by atoms with Gasteiger partial charge in [0.2, 0.25) is 17.2 Å². The van der Waals surface area contributed by atoms with Crippen LogP contribution in [0.4, 0.5) is 34.6 Å². The third-order valence-electron chi connectivity index (χ3n) is 6.25. The number of hydrogen-bond acceptors (Lipinski definition) is 19. The molecule has 0 saturated heterocycles. The molecule has 28 heteroatoms. The van der Waals surface area contributed by atoms with E-state index in [1.807, 2.05) is 0 Å². The molecule has 0 saturated carbocycles. The molecule has 19 nitrogen and oxygen atoms in total. The van der Waals surface area contributed by atoms with Crippen LogP contribution in [0.2, 0.25) is 5.28 Å². The summed E-state index contributed by atoms with van der Waals surface area (Å²) in [6.45, 7) is 0. The third kappa shape index (κ3) is 12.9. The molecule has 0 radical (unpaired) electrons. The van der Waals surface area contributed by atoms with E-state index in [1.54, 1.807) is 0 Å². The summed E-state index contributed by atoms with van der Waals surface area (Å²) in [6, 6.07) is 12.2. The molecule has 5 aromatic rings. The molecule has 1 aromatic heterocycles. The van der Waals surface area contributed by atoms with Crippen LogP contribution < -0.4 is 129 Å². The molecule has 0 atom stereocenters. The van der Waals surface area contributed by atoms with Gasteiger partial charge in [0.25, 0.3) is 0 Å². The van der Waals surface area contributed by atoms with E-state index in [4.69, 9.17) is 11.6 Å². The molecule has 0 spiro atoms. The SMILES string of the molecule is O=S(=O)([O-])c1ccc(Nc2nc(Cl)nc(Nc3ccc(S(=O)(=O)[O-])c4cc(S(=O)(=O)[O-])c(N=Nc5ccccc5S(=O)(=O)[O-])cc34)n2)cc1.[Na+].[Na+].[Na+].[Na+]. The Morgan fingerprint density at radius 3 is 1.60 bits per heavy atom. The van der Waals surface area contributed by atoms with Crippen LogP contribution in [-0.4, -0.2) is 66.8 Å². The van der Waals surface area contributed by atoms with Gasteiger partial charge in [0.05, 0.1) is 19.6 Å². The van der Waals surface area contributed by atoms with E-state index in [1.165, 1.54) is 24.3 Å². The van der Waals surface area contributed by atoms with Gasteiger partial charge < -0.3 is 28.8 Å². The van der Waals surface area contributed by atoms with Gasteiger partial charge in [-0.3, -0.25) is 0 Å². The van der Waals surface area contributed by atoms with E-state index < -0.39 is 82.1 Å². The van der Waals surface area contributed by atoms with Crippen LogP contribution in [0.15, 0.2) is 103 Å². The van der Waals surface area contributed by atoms with Crippen LogP contribution in [0.5, 0.6) is 0 Å². The molecular formula is C25H14ClN7Na4O12S4. The zero-order chi connectivity index (χ0) is 35.9. The van der Waals surface area contributed by atoms with Gasteiger partial charge in [0.1, 0.15) is 51.8 Å². The molecule has 4 aromatic carbocycles. The molecule has 0 amide bonds. The van der Waals surface area contributed by atoms with Crippen LogP contribution in [0.1, 0.15) is 0 Å². The first-order valence-electron chi connectivity index (χ1n) is 12.7. The second-order valence-electron chi connectivity index (χ2n) is 9.49. The Kier molecular flexibility index (Phi) is 18.6. The predicted molar refractivity (Wildman–Crippen MR) is 164 cm³/mol. The Hall–Kier alpha value is -0.720. The minimum absolute atomic E-state index is 0. The number of hydrogen-bond donors (Lipinski definition) is 2. The predicted octanol–water partition coefficient (Wildman–Crippen LogP) is -8.79. The molecule has 256 valence electrons. The maximum Gasteiger partial charge on any atom is 1.00 e. The van der Waals surface area contributed by atoms with Crippen molar-refractivity contribution in [2.24, 2.45) is 10.2 Å². The molecular weight excluding hydrogens is 846 g/mol. The molecule has 5 rings (SSSR count). The van der Waals surface area contributed by atoms with Gasteiger partial charge in [-0.2, -0.15) is 15.0 Å². The Morgan fingerprint density at radius 2 is 1.06 bits per heavy atom. The molecule has 2 N–H and O–H groups in total. The Bertz CT molecular complexity index is 2640. The van der Waals surface area contributed by atoms with Crippen molar-refractivity contribution in [1.82, 2.24) is 15.0 Å². The zero-order valence-corrected chi connectivity index (χ0v) is 39.6. The summed E-state index contributed by atoms with van der Waals surface area (Å²) in [4.78, 5) is 8.45. The monoisotopic (exact) mass is 859 g/mol. The fraction of sp³-hybridized carbons (Fsp3) is 0. The standard InChI is InChI=1S/C25H18ClN7O12S4.4Na/c26-23-29-24(27-13-5-7-14(8-6-13)46(34,35)36)31-25(30-23)28-17-9-10-20(47(37,38)39)16-12-22(49(43,44)45)19(11-15(16)17)33-32-18-3-1-2-4-21(18)48(40,41)42;;;;/h1-12H,(H,34,35,36)(H,37,38,39)(H,40,41,42)(H,43,44,45)(H2,27,28,29,30,31);;;;/q;4*+1/p-4. The van der Waals surface area contributed by atoms with E-state index in [0.29, 0.717) is 6.07 Å². The van der Waals surface area contributed by atoms with Gasteiger partial charge in [0, 0.05) is 22.1 Å². The number of aromatic nitrogens is 3. The topological polar surface area (TPSA) is 316 Å². The Labute approximate surface area is 395 Å². The Morgan fingerprint density at radius 1 is 0.528 bits per heavy atom. The van der Waals surface area contributed by atoms with E-state index in [0.717, 1.165) is 42.5 Å². The smallest absolute Gasteiger partial charge is 0.744 e. The number of azo groups is 1. The fourth-order valence-electron chi connectivity index (χ4n) is 4.21. The first-order chi connectivity index (χ1) is 22.7. The second kappa shape index (κ2) is 19.6. The fourth-order valence-corrected chi connectivity index (χ4v) is 6.75. The number of anilines is 4. The van der Waals surface area contributed by atoms with Gasteiger partial charge in [0.15, 0.2) is 0 Å².